The zero-order chi connectivity index (χ0) is 34.6. The summed E-state index contributed by atoms with van der Waals surface area (Å²) in [5.41, 5.74) is 1.99. The van der Waals surface area contributed by atoms with Crippen molar-refractivity contribution in [2.75, 3.05) is 25.3 Å². The number of esters is 1. The van der Waals surface area contributed by atoms with Crippen LogP contribution in [-0.4, -0.2) is 53.7 Å². The summed E-state index contributed by atoms with van der Waals surface area (Å²) in [6.45, 7) is 2.31. The number of unbranched alkanes of at least 4 members (excludes halogenated alkanes) is 4. The number of anilines is 1. The van der Waals surface area contributed by atoms with Crippen LogP contribution in [0.15, 0.2) is 91.0 Å². The number of nitrogens with zero attached hydrogens (tertiary/aromatic N) is 1. The van der Waals surface area contributed by atoms with Crippen LogP contribution >= 0.6 is 0 Å². The van der Waals surface area contributed by atoms with Gasteiger partial charge in [0.2, 0.25) is 6.79 Å². The van der Waals surface area contributed by atoms with E-state index in [1.54, 1.807) is 78.9 Å². The Labute approximate surface area is 284 Å². The number of hydrogen-bond donors (Lipinski definition) is 2. The molecule has 5 rings (SSSR count). The van der Waals surface area contributed by atoms with Crippen molar-refractivity contribution in [1.29, 1.82) is 0 Å². The minimum absolute atomic E-state index is 0.000891. The number of rotatable bonds is 16. The molecule has 0 saturated carbocycles. The van der Waals surface area contributed by atoms with Crippen LogP contribution in [0.5, 0.6) is 23.0 Å². The van der Waals surface area contributed by atoms with Crippen LogP contribution in [0.3, 0.4) is 0 Å². The highest BCUT2D eigenvalue weighted by Crippen LogP contribution is 2.35. The van der Waals surface area contributed by atoms with Crippen molar-refractivity contribution in [3.8, 4) is 23.0 Å². The molecule has 49 heavy (non-hydrogen) atoms. The van der Waals surface area contributed by atoms with Crippen molar-refractivity contribution in [3.05, 3.63) is 113 Å². The van der Waals surface area contributed by atoms with E-state index < -0.39 is 30.3 Å². The van der Waals surface area contributed by atoms with E-state index in [4.69, 9.17) is 18.9 Å². The number of benzene rings is 4. The van der Waals surface area contributed by atoms with Crippen LogP contribution in [0.25, 0.3) is 0 Å². The predicted molar refractivity (Wildman–Crippen MR) is 181 cm³/mol. The van der Waals surface area contributed by atoms with Gasteiger partial charge in [0, 0.05) is 17.8 Å². The Bertz CT molecular complexity index is 1750. The highest BCUT2D eigenvalue weighted by molar-refractivity contribution is 6.07. The number of ether oxygens (including phenoxy) is 4. The minimum atomic E-state index is -1.17. The summed E-state index contributed by atoms with van der Waals surface area (Å²) in [6, 6.07) is 24.4. The molecule has 0 spiro atoms. The molecule has 0 atom stereocenters. The Morgan fingerprint density at radius 3 is 2.20 bits per heavy atom. The minimum Gasteiger partial charge on any atom is -0.494 e. The Balaban J connectivity index is 1.14. The maximum absolute atomic E-state index is 13.3. The first kappa shape index (κ1) is 34.5. The van der Waals surface area contributed by atoms with E-state index in [2.05, 4.69) is 12.2 Å². The predicted octanol–water partition coefficient (Wildman–Crippen LogP) is 6.96. The number of fused-ring (bicyclic) bond motifs is 1. The van der Waals surface area contributed by atoms with Crippen molar-refractivity contribution < 1.29 is 43.2 Å². The number of hydrogen-bond acceptors (Lipinski definition) is 8. The Morgan fingerprint density at radius 1 is 0.796 bits per heavy atom. The molecule has 1 aliphatic heterocycles. The lowest BCUT2D eigenvalue weighted by molar-refractivity contribution is -0.137. The maximum atomic E-state index is 13.3. The number of nitrogens with one attached hydrogen (secondary N) is 1. The molecule has 11 heteroatoms. The fourth-order valence-corrected chi connectivity index (χ4v) is 5.18. The van der Waals surface area contributed by atoms with Gasteiger partial charge in [-0.2, -0.15) is 0 Å². The molecule has 1 aliphatic rings. The van der Waals surface area contributed by atoms with E-state index in [0.29, 0.717) is 52.0 Å². The Hall–Kier alpha value is -5.84. The topological polar surface area (TPSA) is 141 Å². The molecule has 0 unspecified atom stereocenters. The summed E-state index contributed by atoms with van der Waals surface area (Å²) in [5, 5.41) is 12.3. The average Bonchev–Trinajstić information content (AvgIpc) is 3.60. The molecule has 0 bridgehead atoms. The van der Waals surface area contributed by atoms with Gasteiger partial charge in [-0.15, -0.1) is 0 Å². The van der Waals surface area contributed by atoms with Gasteiger partial charge in [-0.1, -0.05) is 50.8 Å². The molecule has 0 radical (unpaired) electrons. The molecule has 4 aromatic rings. The molecule has 4 aromatic carbocycles. The first-order valence-electron chi connectivity index (χ1n) is 16.2. The molecular formula is C38H38N2O9. The summed E-state index contributed by atoms with van der Waals surface area (Å²) in [5.74, 6) is -0.782. The quantitative estimate of drug-likeness (QED) is 0.0737. The van der Waals surface area contributed by atoms with Crippen molar-refractivity contribution in [2.24, 2.45) is 0 Å². The van der Waals surface area contributed by atoms with Gasteiger partial charge in [-0.05, 0) is 84.8 Å². The van der Waals surface area contributed by atoms with Crippen LogP contribution in [0.4, 0.5) is 5.69 Å². The normalized spacial score (nSPS) is 11.4. The molecule has 0 aromatic heterocycles. The van der Waals surface area contributed by atoms with Gasteiger partial charge in [0.05, 0.1) is 17.7 Å². The lowest BCUT2D eigenvalue weighted by atomic mass is 10.1. The SMILES string of the molecule is CCCCCCCOc1ccc(C(=O)Oc2ccc(CN(CC(=O)O)C(=O)c3ccc(NC(=O)c4cccc5c4OCO5)cc3)cc2)cc1. The van der Waals surface area contributed by atoms with E-state index >= 15 is 0 Å². The summed E-state index contributed by atoms with van der Waals surface area (Å²) in [6.07, 6.45) is 5.75. The molecule has 11 nitrogen and oxygen atoms in total. The second kappa shape index (κ2) is 16.8. The number of carbonyl (C=O) groups excluding carboxylic acids is 3. The van der Waals surface area contributed by atoms with E-state index in [1.807, 2.05) is 0 Å². The van der Waals surface area contributed by atoms with Crippen molar-refractivity contribution >= 4 is 29.4 Å². The molecule has 0 aliphatic carbocycles. The van der Waals surface area contributed by atoms with Gasteiger partial charge in [-0.3, -0.25) is 14.4 Å². The smallest absolute Gasteiger partial charge is 0.343 e. The first-order valence-corrected chi connectivity index (χ1v) is 16.2. The third-order valence-electron chi connectivity index (χ3n) is 7.76. The molecule has 2 N–H and O–H groups in total. The number of amides is 2. The average molecular weight is 667 g/mol. The second-order valence-corrected chi connectivity index (χ2v) is 11.4. The third kappa shape index (κ3) is 9.60. The van der Waals surface area contributed by atoms with Crippen LogP contribution in [0.1, 0.15) is 75.7 Å². The molecule has 0 fully saturated rings. The first-order chi connectivity index (χ1) is 23.8. The highest BCUT2D eigenvalue weighted by Gasteiger charge is 2.23. The Kier molecular flexibility index (Phi) is 11.8. The lowest BCUT2D eigenvalue weighted by Gasteiger charge is -2.21. The maximum Gasteiger partial charge on any atom is 0.343 e. The monoisotopic (exact) mass is 666 g/mol. The summed E-state index contributed by atoms with van der Waals surface area (Å²) >= 11 is 0. The molecule has 2 amide bonds. The molecule has 1 heterocycles. The standard InChI is InChI=1S/C38H38N2O9/c1-2-3-4-5-6-22-46-30-20-14-28(15-21-30)38(45)49-31-18-10-26(11-19-31)23-40(24-34(41)42)37(44)27-12-16-29(17-13-27)39-36(43)32-8-7-9-33-35(32)48-25-47-33/h7-21H,2-6,22-25H2,1H3,(H,39,43)(H,41,42). The zero-order valence-corrected chi connectivity index (χ0v) is 27.2. The fraction of sp³-hybridized carbons (Fsp3) is 0.263. The summed E-state index contributed by atoms with van der Waals surface area (Å²) < 4.78 is 22.0. The van der Waals surface area contributed by atoms with Crippen molar-refractivity contribution in [1.82, 2.24) is 4.90 Å². The summed E-state index contributed by atoms with van der Waals surface area (Å²) in [7, 11) is 0. The van der Waals surface area contributed by atoms with Gasteiger partial charge in [0.1, 0.15) is 18.0 Å². The van der Waals surface area contributed by atoms with Gasteiger partial charge in [0.25, 0.3) is 11.8 Å². The van der Waals surface area contributed by atoms with E-state index in [0.717, 1.165) is 12.8 Å². The zero-order valence-electron chi connectivity index (χ0n) is 27.2. The number of carboxylic acid groups (broad SMARTS) is 1. The third-order valence-corrected chi connectivity index (χ3v) is 7.76. The fourth-order valence-electron chi connectivity index (χ4n) is 5.18. The van der Waals surface area contributed by atoms with Crippen LogP contribution < -0.4 is 24.3 Å². The van der Waals surface area contributed by atoms with Gasteiger partial charge >= 0.3 is 11.9 Å². The Morgan fingerprint density at radius 2 is 1.49 bits per heavy atom. The number of carboxylic acids is 1. The van der Waals surface area contributed by atoms with E-state index in [-0.39, 0.29) is 18.9 Å². The van der Waals surface area contributed by atoms with Crippen LogP contribution in [-0.2, 0) is 11.3 Å². The number of para-hydroxylation sites is 1. The van der Waals surface area contributed by atoms with Crippen LogP contribution in [0, 0.1) is 0 Å². The second-order valence-electron chi connectivity index (χ2n) is 11.4. The molecular weight excluding hydrogens is 628 g/mol. The largest absolute Gasteiger partial charge is 0.494 e. The van der Waals surface area contributed by atoms with Crippen molar-refractivity contribution in [3.63, 3.8) is 0 Å². The van der Waals surface area contributed by atoms with Gasteiger partial charge in [-0.25, -0.2) is 4.79 Å². The molecule has 254 valence electrons. The van der Waals surface area contributed by atoms with Crippen molar-refractivity contribution in [2.45, 2.75) is 45.6 Å². The number of aliphatic carboxylic acids is 1. The van der Waals surface area contributed by atoms with E-state index in [1.165, 1.54) is 36.3 Å². The highest BCUT2D eigenvalue weighted by atomic mass is 16.7. The van der Waals surface area contributed by atoms with Gasteiger partial charge < -0.3 is 34.3 Å². The lowest BCUT2D eigenvalue weighted by Crippen LogP contribution is -2.35. The molecule has 0 saturated heterocycles. The number of carbonyl (C=O) groups is 4. The van der Waals surface area contributed by atoms with E-state index in [9.17, 15) is 24.3 Å². The summed E-state index contributed by atoms with van der Waals surface area (Å²) in [4.78, 5) is 51.7. The van der Waals surface area contributed by atoms with Gasteiger partial charge in [0.15, 0.2) is 11.5 Å². The van der Waals surface area contributed by atoms with Crippen LogP contribution in [0.2, 0.25) is 0 Å².